The van der Waals surface area contributed by atoms with Gasteiger partial charge in [-0.15, -0.1) is 0 Å². The molecule has 0 fully saturated rings. The molecule has 202 valence electrons. The molecule has 3 unspecified atom stereocenters. The average Bonchev–Trinajstić information content (AvgIpc) is 3.33. The van der Waals surface area contributed by atoms with E-state index in [0.29, 0.717) is 5.75 Å². The number of nitrogens with one attached hydrogen (secondary N) is 4. The minimum absolute atomic E-state index is 0.137. The molecule has 10 nitrogen and oxygen atoms in total. The Labute approximate surface area is 225 Å². The van der Waals surface area contributed by atoms with Crippen LogP contribution < -0.4 is 21.7 Å². The molecule has 0 saturated heterocycles. The molecule has 38 heavy (non-hydrogen) atoms. The van der Waals surface area contributed by atoms with Crippen LogP contribution in [0.2, 0.25) is 0 Å². The quantitative estimate of drug-likeness (QED) is 0.179. The Morgan fingerprint density at radius 3 is 2.18 bits per heavy atom. The van der Waals surface area contributed by atoms with Crippen LogP contribution in [0.25, 0.3) is 10.9 Å². The van der Waals surface area contributed by atoms with Crippen molar-refractivity contribution in [2.75, 3.05) is 18.6 Å². The smallest absolute Gasteiger partial charge is 0.326 e. The third kappa shape index (κ3) is 8.09. The number of para-hydroxylation sites is 1. The molecule has 0 radical (unpaired) electrons. The number of nitrogens with two attached hydrogens (primary N) is 1. The van der Waals surface area contributed by atoms with Crippen molar-refractivity contribution < 1.29 is 24.3 Å². The number of benzene rings is 2. The molecule has 11 heteroatoms. The lowest BCUT2D eigenvalue weighted by Crippen LogP contribution is -2.57. The number of thioether (sulfide) groups is 1. The van der Waals surface area contributed by atoms with E-state index in [4.69, 9.17) is 5.73 Å². The number of hydrogen-bond donors (Lipinski definition) is 6. The van der Waals surface area contributed by atoms with Crippen molar-refractivity contribution >= 4 is 46.4 Å². The highest BCUT2D eigenvalue weighted by Crippen LogP contribution is 2.19. The largest absolute Gasteiger partial charge is 0.480 e. The Morgan fingerprint density at radius 2 is 1.53 bits per heavy atom. The fraction of sp³-hybridized carbons (Fsp3) is 0.333. The molecule has 0 aliphatic carbocycles. The van der Waals surface area contributed by atoms with Gasteiger partial charge >= 0.3 is 5.97 Å². The minimum atomic E-state index is -1.15. The van der Waals surface area contributed by atoms with E-state index in [1.165, 1.54) is 11.8 Å². The van der Waals surface area contributed by atoms with E-state index in [-0.39, 0.29) is 25.8 Å². The number of carboxylic acids is 1. The predicted molar refractivity (Wildman–Crippen MR) is 148 cm³/mol. The van der Waals surface area contributed by atoms with E-state index in [0.717, 1.165) is 22.0 Å². The Balaban J connectivity index is 1.84. The number of aliphatic carboxylic acids is 1. The van der Waals surface area contributed by atoms with Gasteiger partial charge in [-0.1, -0.05) is 48.5 Å². The van der Waals surface area contributed by atoms with Gasteiger partial charge in [0.1, 0.15) is 18.1 Å². The second kappa shape index (κ2) is 14.2. The number of carbonyl (C=O) groups excluding carboxylic acids is 3. The summed E-state index contributed by atoms with van der Waals surface area (Å²) in [5.74, 6) is -2.32. The second-order valence-electron chi connectivity index (χ2n) is 8.82. The predicted octanol–water partition coefficient (Wildman–Crippen LogP) is 1.20. The molecule has 3 atom stereocenters. The molecule has 0 saturated carbocycles. The number of carboxylic acid groups (broad SMARTS) is 1. The summed E-state index contributed by atoms with van der Waals surface area (Å²) in [6.07, 6.45) is 4.16. The first-order valence-corrected chi connectivity index (χ1v) is 13.6. The zero-order valence-corrected chi connectivity index (χ0v) is 21.9. The van der Waals surface area contributed by atoms with Crippen molar-refractivity contribution in [1.29, 1.82) is 0 Å². The standard InChI is InChI=1S/C27H33N5O5S/c1-38-12-11-21(27(36)37)31-25(34)22(13-17-7-3-2-4-8-17)32-26(35)23(30-24(33)15-28)14-18-16-29-20-10-6-5-9-19(18)20/h2-10,16,21-23,29H,11-15,28H2,1H3,(H,30,33)(H,31,34)(H,32,35)(H,36,37). The number of aromatic amines is 1. The summed E-state index contributed by atoms with van der Waals surface area (Å²) < 4.78 is 0. The van der Waals surface area contributed by atoms with Crippen LogP contribution in [-0.4, -0.2) is 70.5 Å². The molecule has 0 aliphatic heterocycles. The normalized spacial score (nSPS) is 13.3. The van der Waals surface area contributed by atoms with Crippen LogP contribution in [0.5, 0.6) is 0 Å². The van der Waals surface area contributed by atoms with Crippen molar-refractivity contribution in [2.24, 2.45) is 5.73 Å². The van der Waals surface area contributed by atoms with Gasteiger partial charge in [0.2, 0.25) is 17.7 Å². The number of aromatic nitrogens is 1. The summed E-state index contributed by atoms with van der Waals surface area (Å²) in [7, 11) is 0. The fourth-order valence-corrected chi connectivity index (χ4v) is 4.55. The van der Waals surface area contributed by atoms with E-state index in [9.17, 15) is 24.3 Å². The summed E-state index contributed by atoms with van der Waals surface area (Å²) in [4.78, 5) is 53.8. The van der Waals surface area contributed by atoms with Gasteiger partial charge in [0.25, 0.3) is 0 Å². The van der Waals surface area contributed by atoms with Gasteiger partial charge in [0, 0.05) is 29.9 Å². The first-order valence-electron chi connectivity index (χ1n) is 12.2. The first-order chi connectivity index (χ1) is 18.3. The van der Waals surface area contributed by atoms with E-state index in [1.54, 1.807) is 6.20 Å². The molecule has 0 aliphatic rings. The molecule has 3 amide bonds. The van der Waals surface area contributed by atoms with Crippen LogP contribution in [0, 0.1) is 0 Å². The highest BCUT2D eigenvalue weighted by Gasteiger charge is 2.30. The van der Waals surface area contributed by atoms with Crippen LogP contribution >= 0.6 is 11.8 Å². The maximum absolute atomic E-state index is 13.5. The van der Waals surface area contributed by atoms with E-state index < -0.39 is 41.8 Å². The Hall–Kier alpha value is -3.83. The zero-order valence-electron chi connectivity index (χ0n) is 21.1. The highest BCUT2D eigenvalue weighted by atomic mass is 32.2. The summed E-state index contributed by atoms with van der Waals surface area (Å²) in [5.41, 5.74) is 7.97. The third-order valence-electron chi connectivity index (χ3n) is 6.08. The summed E-state index contributed by atoms with van der Waals surface area (Å²) in [5, 5.41) is 18.4. The van der Waals surface area contributed by atoms with Gasteiger partial charge in [-0.3, -0.25) is 14.4 Å². The third-order valence-corrected chi connectivity index (χ3v) is 6.72. The van der Waals surface area contributed by atoms with Gasteiger partial charge < -0.3 is 31.8 Å². The lowest BCUT2D eigenvalue weighted by atomic mass is 10.0. The molecule has 7 N–H and O–H groups in total. The average molecular weight is 540 g/mol. The van der Waals surface area contributed by atoms with E-state index in [2.05, 4.69) is 20.9 Å². The Bertz CT molecular complexity index is 1250. The maximum atomic E-state index is 13.5. The van der Waals surface area contributed by atoms with Crippen molar-refractivity contribution in [3.63, 3.8) is 0 Å². The van der Waals surface area contributed by atoms with Gasteiger partial charge in [0.05, 0.1) is 6.54 Å². The van der Waals surface area contributed by atoms with Crippen molar-refractivity contribution in [3.05, 3.63) is 71.9 Å². The summed E-state index contributed by atoms with van der Waals surface area (Å²) in [6.45, 7) is -0.304. The van der Waals surface area contributed by atoms with Gasteiger partial charge in [-0.25, -0.2) is 4.79 Å². The zero-order chi connectivity index (χ0) is 27.5. The van der Waals surface area contributed by atoms with Crippen LogP contribution in [-0.2, 0) is 32.0 Å². The van der Waals surface area contributed by atoms with Gasteiger partial charge in [-0.05, 0) is 35.6 Å². The molecular weight excluding hydrogens is 506 g/mol. The number of amides is 3. The van der Waals surface area contributed by atoms with E-state index in [1.807, 2.05) is 60.9 Å². The first kappa shape index (κ1) is 28.7. The SMILES string of the molecule is CSCCC(NC(=O)C(Cc1ccccc1)NC(=O)C(Cc1c[nH]c2ccccc12)NC(=O)CN)C(=O)O. The lowest BCUT2D eigenvalue weighted by molar-refractivity contribution is -0.142. The number of hydrogen-bond acceptors (Lipinski definition) is 6. The topological polar surface area (TPSA) is 166 Å². The summed E-state index contributed by atoms with van der Waals surface area (Å²) >= 11 is 1.47. The number of rotatable bonds is 14. The second-order valence-corrected chi connectivity index (χ2v) is 9.81. The van der Waals surface area contributed by atoms with Crippen molar-refractivity contribution in [2.45, 2.75) is 37.4 Å². The molecule has 1 heterocycles. The molecule has 3 aromatic rings. The number of fused-ring (bicyclic) bond motifs is 1. The lowest BCUT2D eigenvalue weighted by Gasteiger charge is -2.24. The van der Waals surface area contributed by atoms with Crippen LogP contribution in [0.3, 0.4) is 0 Å². The van der Waals surface area contributed by atoms with Crippen LogP contribution in [0.4, 0.5) is 0 Å². The van der Waals surface area contributed by atoms with Gasteiger partial charge in [-0.2, -0.15) is 11.8 Å². The summed E-state index contributed by atoms with van der Waals surface area (Å²) in [6, 6.07) is 13.5. The van der Waals surface area contributed by atoms with Crippen LogP contribution in [0.15, 0.2) is 60.8 Å². The van der Waals surface area contributed by atoms with Crippen LogP contribution in [0.1, 0.15) is 17.5 Å². The number of H-pyrrole nitrogens is 1. The minimum Gasteiger partial charge on any atom is -0.480 e. The molecule has 0 bridgehead atoms. The molecular formula is C27H33N5O5S. The Morgan fingerprint density at radius 1 is 0.895 bits per heavy atom. The number of carbonyl (C=O) groups is 4. The Kier molecular flexibility index (Phi) is 10.7. The van der Waals surface area contributed by atoms with Crippen molar-refractivity contribution in [1.82, 2.24) is 20.9 Å². The van der Waals surface area contributed by atoms with Gasteiger partial charge in [0.15, 0.2) is 0 Å². The van der Waals surface area contributed by atoms with E-state index >= 15 is 0 Å². The molecule has 1 aromatic heterocycles. The monoisotopic (exact) mass is 539 g/mol. The fourth-order valence-electron chi connectivity index (χ4n) is 4.08. The molecule has 0 spiro atoms. The van der Waals surface area contributed by atoms with Crippen molar-refractivity contribution in [3.8, 4) is 0 Å². The molecule has 3 rings (SSSR count). The molecule has 2 aromatic carbocycles. The highest BCUT2D eigenvalue weighted by molar-refractivity contribution is 7.98. The maximum Gasteiger partial charge on any atom is 0.326 e.